The maximum atomic E-state index is 12.5. The second kappa shape index (κ2) is 9.07. The lowest BCUT2D eigenvalue weighted by Crippen LogP contribution is -2.23. The fourth-order valence-electron chi connectivity index (χ4n) is 2.75. The Balaban J connectivity index is 2.48. The van der Waals surface area contributed by atoms with E-state index in [0.29, 0.717) is 0 Å². The third-order valence-electron chi connectivity index (χ3n) is 4.43. The van der Waals surface area contributed by atoms with Crippen LogP contribution in [0.25, 0.3) is 16.5 Å². The first-order valence-corrected chi connectivity index (χ1v) is 9.80. The monoisotopic (exact) mass is 356 g/mol. The van der Waals surface area contributed by atoms with E-state index in [1.165, 1.54) is 0 Å². The molecule has 0 aliphatic carbocycles. The molecular formula is C23H32O3. The number of ether oxygens (including phenoxy) is 1. The van der Waals surface area contributed by atoms with Crippen LogP contribution in [-0.2, 0) is 9.53 Å². The maximum Gasteiger partial charge on any atom is 0.316 e. The molecule has 2 rings (SSSR count). The number of allylic oxidation sites excluding steroid dienone is 2. The number of unbranched alkanes of at least 4 members (excludes halogenated alkanes) is 2. The molecule has 0 amide bonds. The van der Waals surface area contributed by atoms with Gasteiger partial charge in [0, 0.05) is 17.4 Å². The van der Waals surface area contributed by atoms with Crippen molar-refractivity contribution >= 4 is 22.5 Å². The van der Waals surface area contributed by atoms with Gasteiger partial charge in [-0.25, -0.2) is 0 Å². The smallest absolute Gasteiger partial charge is 0.316 e. The fraction of sp³-hybridized carbons (Fsp3) is 0.522. The Morgan fingerprint density at radius 3 is 2.31 bits per heavy atom. The molecular weight excluding hydrogens is 324 g/mol. The molecule has 3 nitrogen and oxygen atoms in total. The second-order valence-electron chi connectivity index (χ2n) is 7.90. The van der Waals surface area contributed by atoms with E-state index in [1.54, 1.807) is 0 Å². The van der Waals surface area contributed by atoms with Crippen LogP contribution in [0.1, 0.15) is 78.9 Å². The number of hydrogen-bond acceptors (Lipinski definition) is 3. The van der Waals surface area contributed by atoms with Gasteiger partial charge < -0.3 is 9.15 Å². The van der Waals surface area contributed by atoms with Gasteiger partial charge in [-0.2, -0.15) is 0 Å². The largest absolute Gasteiger partial charge is 0.456 e. The van der Waals surface area contributed by atoms with Crippen LogP contribution in [0.2, 0.25) is 0 Å². The number of carbonyl (C=O) groups is 1. The van der Waals surface area contributed by atoms with Crippen LogP contribution in [0.15, 0.2) is 40.5 Å². The lowest BCUT2D eigenvalue weighted by atomic mass is 9.97. The quantitative estimate of drug-likeness (QED) is 0.373. The zero-order chi connectivity index (χ0) is 19.2. The average molecular weight is 357 g/mol. The number of para-hydroxylation sites is 1. The van der Waals surface area contributed by atoms with Gasteiger partial charge in [0.1, 0.15) is 17.1 Å². The van der Waals surface area contributed by atoms with Crippen LogP contribution < -0.4 is 0 Å². The molecule has 0 N–H and O–H groups in total. The Morgan fingerprint density at radius 2 is 1.69 bits per heavy atom. The van der Waals surface area contributed by atoms with Gasteiger partial charge in [0.25, 0.3) is 0 Å². The van der Waals surface area contributed by atoms with E-state index >= 15 is 0 Å². The molecule has 2 aromatic rings. The normalized spacial score (nSPS) is 13.0. The fourth-order valence-corrected chi connectivity index (χ4v) is 2.75. The first-order valence-electron chi connectivity index (χ1n) is 9.80. The summed E-state index contributed by atoms with van der Waals surface area (Å²) in [5, 5.41) is 1.08. The van der Waals surface area contributed by atoms with Crippen molar-refractivity contribution in [3.05, 3.63) is 41.9 Å². The summed E-state index contributed by atoms with van der Waals surface area (Å²) < 4.78 is 12.0. The molecule has 0 saturated heterocycles. The molecule has 0 aliphatic rings. The van der Waals surface area contributed by atoms with Gasteiger partial charge in [-0.3, -0.25) is 4.79 Å². The Morgan fingerprint density at radius 1 is 1.04 bits per heavy atom. The molecule has 3 heteroatoms. The highest BCUT2D eigenvalue weighted by atomic mass is 16.5. The first-order chi connectivity index (χ1) is 12.4. The third-order valence-corrected chi connectivity index (χ3v) is 4.43. The van der Waals surface area contributed by atoms with E-state index in [2.05, 4.69) is 19.9 Å². The summed E-state index contributed by atoms with van der Waals surface area (Å²) in [6.07, 6.45) is 5.77. The molecule has 0 radical (unpaired) electrons. The van der Waals surface area contributed by atoms with Crippen LogP contribution in [0.3, 0.4) is 0 Å². The predicted molar refractivity (Wildman–Crippen MR) is 108 cm³/mol. The number of benzene rings is 1. The minimum Gasteiger partial charge on any atom is -0.456 e. The molecule has 0 fully saturated rings. The number of hydrogen-bond donors (Lipinski definition) is 0. The van der Waals surface area contributed by atoms with Crippen molar-refractivity contribution in [2.24, 2.45) is 5.41 Å². The van der Waals surface area contributed by atoms with Crippen molar-refractivity contribution in [1.29, 1.82) is 0 Å². The summed E-state index contributed by atoms with van der Waals surface area (Å²) in [5.74, 6) is 1.42. The lowest BCUT2D eigenvalue weighted by molar-refractivity contribution is -0.148. The SMILES string of the molecule is CCCC/C(OC(=O)C(C)(C)C)=C(/CCCC)c1cc2ccccc2o1. The van der Waals surface area contributed by atoms with Crippen molar-refractivity contribution < 1.29 is 13.9 Å². The Labute approximate surface area is 157 Å². The summed E-state index contributed by atoms with van der Waals surface area (Å²) >= 11 is 0. The summed E-state index contributed by atoms with van der Waals surface area (Å²) in [6, 6.07) is 10.1. The van der Waals surface area contributed by atoms with Crippen molar-refractivity contribution in [3.8, 4) is 0 Å². The standard InChI is InChI=1S/C23H32O3/c1-6-8-13-18(21-16-17-12-10-11-15-19(17)25-21)20(14-9-7-2)26-22(24)23(3,4)5/h10-12,15-16H,6-9,13-14H2,1-5H3/b20-18+. The molecule has 1 heterocycles. The van der Waals surface area contributed by atoms with E-state index in [9.17, 15) is 4.79 Å². The molecule has 0 unspecified atom stereocenters. The minimum absolute atomic E-state index is 0.186. The first kappa shape index (κ1) is 20.3. The van der Waals surface area contributed by atoms with Crippen LogP contribution in [0, 0.1) is 5.41 Å². The molecule has 142 valence electrons. The zero-order valence-electron chi connectivity index (χ0n) is 16.9. The highest BCUT2D eigenvalue weighted by Crippen LogP contribution is 2.33. The molecule has 0 atom stereocenters. The van der Waals surface area contributed by atoms with E-state index in [4.69, 9.17) is 9.15 Å². The van der Waals surface area contributed by atoms with Crippen molar-refractivity contribution in [2.75, 3.05) is 0 Å². The maximum absolute atomic E-state index is 12.5. The summed E-state index contributed by atoms with van der Waals surface area (Å²) in [4.78, 5) is 12.5. The third kappa shape index (κ3) is 5.23. The van der Waals surface area contributed by atoms with Crippen molar-refractivity contribution in [2.45, 2.75) is 73.1 Å². The highest BCUT2D eigenvalue weighted by Gasteiger charge is 2.26. The average Bonchev–Trinajstić information content (AvgIpc) is 3.02. The summed E-state index contributed by atoms with van der Waals surface area (Å²) in [6.45, 7) is 9.98. The lowest BCUT2D eigenvalue weighted by Gasteiger charge is -2.20. The number of rotatable bonds is 8. The molecule has 26 heavy (non-hydrogen) atoms. The number of esters is 1. The van der Waals surface area contributed by atoms with Gasteiger partial charge in [0.15, 0.2) is 0 Å². The molecule has 0 spiro atoms. The molecule has 1 aromatic heterocycles. The number of carbonyl (C=O) groups excluding carboxylic acids is 1. The molecule has 0 saturated carbocycles. The van der Waals surface area contributed by atoms with E-state index < -0.39 is 5.41 Å². The van der Waals surface area contributed by atoms with Crippen LogP contribution in [-0.4, -0.2) is 5.97 Å². The Kier molecular flexibility index (Phi) is 7.07. The Bertz CT molecular complexity index is 726. The number of fused-ring (bicyclic) bond motifs is 1. The summed E-state index contributed by atoms with van der Waals surface area (Å²) in [5.41, 5.74) is 1.38. The number of furan rings is 1. The van der Waals surface area contributed by atoms with Gasteiger partial charge >= 0.3 is 5.97 Å². The van der Waals surface area contributed by atoms with Gasteiger partial charge in [-0.15, -0.1) is 0 Å². The van der Waals surface area contributed by atoms with E-state index in [-0.39, 0.29) is 5.97 Å². The van der Waals surface area contributed by atoms with E-state index in [1.807, 2.05) is 45.0 Å². The predicted octanol–water partition coefficient (Wildman–Crippen LogP) is 7.11. The molecule has 1 aromatic carbocycles. The molecule has 0 aliphatic heterocycles. The Hall–Kier alpha value is -2.03. The van der Waals surface area contributed by atoms with Gasteiger partial charge in [0.2, 0.25) is 0 Å². The second-order valence-corrected chi connectivity index (χ2v) is 7.90. The van der Waals surface area contributed by atoms with Gasteiger partial charge in [-0.1, -0.05) is 44.9 Å². The highest BCUT2D eigenvalue weighted by molar-refractivity contribution is 5.83. The van der Waals surface area contributed by atoms with Crippen LogP contribution in [0.5, 0.6) is 0 Å². The van der Waals surface area contributed by atoms with Gasteiger partial charge in [-0.05, 0) is 52.2 Å². The van der Waals surface area contributed by atoms with Crippen LogP contribution >= 0.6 is 0 Å². The topological polar surface area (TPSA) is 39.4 Å². The van der Waals surface area contributed by atoms with Crippen molar-refractivity contribution in [3.63, 3.8) is 0 Å². The zero-order valence-corrected chi connectivity index (χ0v) is 16.9. The minimum atomic E-state index is -0.527. The van der Waals surface area contributed by atoms with Gasteiger partial charge in [0.05, 0.1) is 5.41 Å². The summed E-state index contributed by atoms with van der Waals surface area (Å²) in [7, 11) is 0. The van der Waals surface area contributed by atoms with Crippen molar-refractivity contribution in [1.82, 2.24) is 0 Å². The molecule has 0 bridgehead atoms. The van der Waals surface area contributed by atoms with E-state index in [0.717, 1.165) is 66.6 Å². The van der Waals surface area contributed by atoms with Crippen LogP contribution in [0.4, 0.5) is 0 Å².